The lowest BCUT2D eigenvalue weighted by Gasteiger charge is -2.12. The smallest absolute Gasteiger partial charge is 0.240 e. The second kappa shape index (κ2) is 4.53. The van der Waals surface area contributed by atoms with Crippen molar-refractivity contribution in [2.45, 2.75) is 20.8 Å². The van der Waals surface area contributed by atoms with E-state index in [2.05, 4.69) is 42.9 Å². The van der Waals surface area contributed by atoms with E-state index in [9.17, 15) is 0 Å². The molecule has 0 aliphatic rings. The van der Waals surface area contributed by atoms with E-state index in [1.54, 1.807) is 19.5 Å². The zero-order valence-corrected chi connectivity index (χ0v) is 10.6. The average Bonchev–Trinajstić information content (AvgIpc) is 2.28. The van der Waals surface area contributed by atoms with Gasteiger partial charge in [0.05, 0.1) is 7.11 Å². The van der Waals surface area contributed by atoms with Crippen LogP contribution in [0.15, 0.2) is 24.5 Å². The topological polar surface area (TPSA) is 35.0 Å². The van der Waals surface area contributed by atoms with E-state index in [0.717, 1.165) is 11.3 Å². The van der Waals surface area contributed by atoms with Crippen molar-refractivity contribution >= 4 is 0 Å². The molecule has 0 fully saturated rings. The number of hydrogen-bond acceptors (Lipinski definition) is 3. The van der Waals surface area contributed by atoms with Gasteiger partial charge in [-0.2, -0.15) is 0 Å². The quantitative estimate of drug-likeness (QED) is 0.792. The van der Waals surface area contributed by atoms with Gasteiger partial charge in [-0.1, -0.05) is 17.7 Å². The van der Waals surface area contributed by atoms with Crippen LogP contribution in [0, 0.1) is 20.8 Å². The number of nitrogens with zero attached hydrogens (tertiary/aromatic N) is 2. The van der Waals surface area contributed by atoms with Crippen LogP contribution >= 0.6 is 0 Å². The van der Waals surface area contributed by atoms with Crippen molar-refractivity contribution in [3.8, 4) is 17.1 Å². The fourth-order valence-electron chi connectivity index (χ4n) is 2.20. The Morgan fingerprint density at radius 3 is 2.12 bits per heavy atom. The Morgan fingerprint density at radius 1 is 0.941 bits per heavy atom. The summed E-state index contributed by atoms with van der Waals surface area (Å²) in [6.07, 6.45) is 3.33. The van der Waals surface area contributed by atoms with Crippen molar-refractivity contribution in [3.63, 3.8) is 0 Å². The van der Waals surface area contributed by atoms with E-state index in [-0.39, 0.29) is 0 Å². The van der Waals surface area contributed by atoms with Crippen molar-refractivity contribution in [1.29, 1.82) is 0 Å². The molecule has 0 saturated carbocycles. The van der Waals surface area contributed by atoms with Crippen molar-refractivity contribution in [1.82, 2.24) is 9.97 Å². The Balaban J connectivity index is 2.68. The molecule has 0 aliphatic carbocycles. The van der Waals surface area contributed by atoms with Crippen molar-refractivity contribution < 1.29 is 4.74 Å². The summed E-state index contributed by atoms with van der Waals surface area (Å²) in [4.78, 5) is 8.58. The van der Waals surface area contributed by atoms with Gasteiger partial charge >= 0.3 is 0 Å². The van der Waals surface area contributed by atoms with Gasteiger partial charge in [0.15, 0.2) is 0 Å². The maximum Gasteiger partial charge on any atom is 0.240 e. The number of methoxy groups -OCH3 is 1. The van der Waals surface area contributed by atoms with E-state index in [1.807, 2.05) is 0 Å². The molecule has 1 aromatic carbocycles. The molecule has 1 aromatic heterocycles. The van der Waals surface area contributed by atoms with Crippen LogP contribution in [0.25, 0.3) is 11.3 Å². The summed E-state index contributed by atoms with van der Waals surface area (Å²) < 4.78 is 5.27. The summed E-state index contributed by atoms with van der Waals surface area (Å²) in [6, 6.07) is 4.30. The molecule has 0 spiro atoms. The molecule has 1 heterocycles. The van der Waals surface area contributed by atoms with Gasteiger partial charge in [0, 0.05) is 18.0 Å². The molecule has 2 rings (SSSR count). The molecule has 0 unspecified atom stereocenters. The van der Waals surface area contributed by atoms with Crippen molar-refractivity contribution in [2.24, 2.45) is 0 Å². The predicted molar refractivity (Wildman–Crippen MR) is 68.2 cm³/mol. The predicted octanol–water partition coefficient (Wildman–Crippen LogP) is 3.08. The Hall–Kier alpha value is -1.90. The lowest BCUT2D eigenvalue weighted by atomic mass is 9.97. The molecule has 0 N–H and O–H groups in total. The van der Waals surface area contributed by atoms with Gasteiger partial charge in [-0.3, -0.25) is 0 Å². The van der Waals surface area contributed by atoms with Gasteiger partial charge in [0.25, 0.3) is 0 Å². The van der Waals surface area contributed by atoms with Crippen LogP contribution in [0.1, 0.15) is 16.7 Å². The van der Waals surface area contributed by atoms with Gasteiger partial charge < -0.3 is 4.74 Å². The minimum Gasteiger partial charge on any atom is -0.479 e. The first kappa shape index (κ1) is 11.6. The zero-order chi connectivity index (χ0) is 12.4. The van der Waals surface area contributed by atoms with Crippen LogP contribution in [-0.4, -0.2) is 17.1 Å². The van der Waals surface area contributed by atoms with E-state index in [0.29, 0.717) is 5.88 Å². The van der Waals surface area contributed by atoms with Gasteiger partial charge in [-0.25, -0.2) is 9.97 Å². The number of aryl methyl sites for hydroxylation is 3. The molecule has 0 saturated heterocycles. The van der Waals surface area contributed by atoms with Crippen LogP contribution in [0.5, 0.6) is 5.88 Å². The third-order valence-electron chi connectivity index (χ3n) is 2.77. The third kappa shape index (κ3) is 2.13. The van der Waals surface area contributed by atoms with Crippen LogP contribution in [-0.2, 0) is 0 Å². The molecule has 2 aromatic rings. The van der Waals surface area contributed by atoms with Gasteiger partial charge in [-0.05, 0) is 31.9 Å². The van der Waals surface area contributed by atoms with E-state index < -0.39 is 0 Å². The van der Waals surface area contributed by atoms with Crippen LogP contribution in [0.3, 0.4) is 0 Å². The second-order valence-corrected chi connectivity index (χ2v) is 4.19. The molecular weight excluding hydrogens is 212 g/mol. The number of ether oxygens (including phenoxy) is 1. The monoisotopic (exact) mass is 228 g/mol. The number of rotatable bonds is 2. The highest BCUT2D eigenvalue weighted by Crippen LogP contribution is 2.31. The summed E-state index contributed by atoms with van der Waals surface area (Å²) in [5, 5.41) is 0. The number of benzene rings is 1. The first-order valence-electron chi connectivity index (χ1n) is 5.56. The molecule has 17 heavy (non-hydrogen) atoms. The molecule has 0 aliphatic heterocycles. The summed E-state index contributed by atoms with van der Waals surface area (Å²) in [5.41, 5.74) is 5.57. The fraction of sp³-hybridized carbons (Fsp3) is 0.286. The molecule has 0 amide bonds. The average molecular weight is 228 g/mol. The van der Waals surface area contributed by atoms with Gasteiger partial charge in [0.2, 0.25) is 5.88 Å². The molecule has 88 valence electrons. The standard InChI is InChI=1S/C14H16N2O/c1-9-7-10(2)12(11(3)8-9)13-14(17-4)16-6-5-15-13/h5-8H,1-4H3. The van der Waals surface area contributed by atoms with Crippen molar-refractivity contribution in [3.05, 3.63) is 41.2 Å². The third-order valence-corrected chi connectivity index (χ3v) is 2.77. The Labute approximate surface area is 102 Å². The molecule has 3 heteroatoms. The van der Waals surface area contributed by atoms with E-state index in [4.69, 9.17) is 4.74 Å². The van der Waals surface area contributed by atoms with Crippen LogP contribution < -0.4 is 4.74 Å². The highest BCUT2D eigenvalue weighted by molar-refractivity contribution is 5.71. The molecule has 0 radical (unpaired) electrons. The highest BCUT2D eigenvalue weighted by Gasteiger charge is 2.13. The lowest BCUT2D eigenvalue weighted by molar-refractivity contribution is 0.397. The van der Waals surface area contributed by atoms with Crippen LogP contribution in [0.2, 0.25) is 0 Å². The summed E-state index contributed by atoms with van der Waals surface area (Å²) in [6.45, 7) is 6.27. The summed E-state index contributed by atoms with van der Waals surface area (Å²) >= 11 is 0. The fourth-order valence-corrected chi connectivity index (χ4v) is 2.20. The minimum atomic E-state index is 0.572. The highest BCUT2D eigenvalue weighted by atomic mass is 16.5. The zero-order valence-electron chi connectivity index (χ0n) is 10.6. The minimum absolute atomic E-state index is 0.572. The molecular formula is C14H16N2O. The van der Waals surface area contributed by atoms with Crippen molar-refractivity contribution in [2.75, 3.05) is 7.11 Å². The Kier molecular flexibility index (Phi) is 3.09. The first-order chi connectivity index (χ1) is 8.13. The Bertz CT molecular complexity index is 527. The summed E-state index contributed by atoms with van der Waals surface area (Å²) in [5.74, 6) is 0.572. The SMILES string of the molecule is COc1nccnc1-c1c(C)cc(C)cc1C. The lowest BCUT2D eigenvalue weighted by Crippen LogP contribution is -1.97. The first-order valence-corrected chi connectivity index (χ1v) is 5.56. The number of hydrogen-bond donors (Lipinski definition) is 0. The summed E-state index contributed by atoms with van der Waals surface area (Å²) in [7, 11) is 1.62. The molecule has 0 bridgehead atoms. The molecule has 3 nitrogen and oxygen atoms in total. The number of aromatic nitrogens is 2. The largest absolute Gasteiger partial charge is 0.479 e. The Morgan fingerprint density at radius 2 is 1.53 bits per heavy atom. The molecule has 0 atom stereocenters. The van der Waals surface area contributed by atoms with Crippen LogP contribution in [0.4, 0.5) is 0 Å². The maximum absolute atomic E-state index is 5.27. The van der Waals surface area contributed by atoms with E-state index >= 15 is 0 Å². The van der Waals surface area contributed by atoms with Gasteiger partial charge in [0.1, 0.15) is 5.69 Å². The van der Waals surface area contributed by atoms with Gasteiger partial charge in [-0.15, -0.1) is 0 Å². The second-order valence-electron chi connectivity index (χ2n) is 4.19. The maximum atomic E-state index is 5.27. The normalized spacial score (nSPS) is 10.4. The van der Waals surface area contributed by atoms with E-state index in [1.165, 1.54) is 16.7 Å².